The van der Waals surface area contributed by atoms with E-state index >= 15 is 0 Å². The molecule has 0 heterocycles. The highest BCUT2D eigenvalue weighted by molar-refractivity contribution is 7.91. The summed E-state index contributed by atoms with van der Waals surface area (Å²) >= 11 is 0. The third kappa shape index (κ3) is 5.72. The van der Waals surface area contributed by atoms with Crippen LogP contribution in [0, 0.1) is 13.8 Å². The third-order valence-corrected chi connectivity index (χ3v) is 4.26. The van der Waals surface area contributed by atoms with Crippen molar-refractivity contribution in [3.05, 3.63) is 59.2 Å². The maximum Gasteiger partial charge on any atom is 0.255 e. The molecule has 2 rings (SSSR count). The Bertz CT molecular complexity index is 903. The Labute approximate surface area is 147 Å². The van der Waals surface area contributed by atoms with Crippen LogP contribution in [-0.2, 0) is 14.6 Å². The zero-order chi connectivity index (χ0) is 18.6. The van der Waals surface area contributed by atoms with Crippen molar-refractivity contribution in [2.45, 2.75) is 13.8 Å². The van der Waals surface area contributed by atoms with E-state index in [9.17, 15) is 18.0 Å². The Kier molecular flexibility index (Phi) is 5.58. The van der Waals surface area contributed by atoms with Crippen LogP contribution in [0.4, 0.5) is 11.4 Å². The lowest BCUT2D eigenvalue weighted by atomic mass is 10.1. The maximum atomic E-state index is 12.3. The molecule has 0 saturated heterocycles. The molecule has 2 aromatic rings. The van der Waals surface area contributed by atoms with Crippen molar-refractivity contribution in [2.24, 2.45) is 0 Å². The molecule has 7 heteroatoms. The summed E-state index contributed by atoms with van der Waals surface area (Å²) in [6.45, 7) is 3.77. The molecule has 0 spiro atoms. The average molecular weight is 360 g/mol. The van der Waals surface area contributed by atoms with Crippen molar-refractivity contribution in [3.63, 3.8) is 0 Å². The molecular formula is C18H20N2O4S. The summed E-state index contributed by atoms with van der Waals surface area (Å²) in [6.07, 6.45) is 0.995. The molecule has 0 unspecified atom stereocenters. The van der Waals surface area contributed by atoms with Crippen LogP contribution in [0.1, 0.15) is 21.5 Å². The molecule has 6 nitrogen and oxygen atoms in total. The number of sulfone groups is 1. The van der Waals surface area contributed by atoms with Gasteiger partial charge < -0.3 is 10.6 Å². The second kappa shape index (κ2) is 7.48. The van der Waals surface area contributed by atoms with Crippen LogP contribution in [0.2, 0.25) is 0 Å². The van der Waals surface area contributed by atoms with Gasteiger partial charge in [0.05, 0.1) is 0 Å². The highest BCUT2D eigenvalue weighted by atomic mass is 32.2. The summed E-state index contributed by atoms with van der Waals surface area (Å²) in [6, 6.07) is 12.2. The molecule has 132 valence electrons. The van der Waals surface area contributed by atoms with Crippen LogP contribution in [0.25, 0.3) is 0 Å². The smallest absolute Gasteiger partial charge is 0.255 e. The van der Waals surface area contributed by atoms with Gasteiger partial charge in [-0.05, 0) is 43.7 Å². The standard InChI is InChI=1S/C18H20N2O4S/c1-12-4-7-14(8-5-12)18(22)20-16-10-15(9-6-13(16)2)19-17(21)11-25(3,23)24/h4-10H,11H2,1-3H3,(H,19,21)(H,20,22). The van der Waals surface area contributed by atoms with Crippen LogP contribution in [-0.4, -0.2) is 32.2 Å². The molecule has 0 aromatic heterocycles. The van der Waals surface area contributed by atoms with Crippen molar-refractivity contribution in [2.75, 3.05) is 22.6 Å². The number of hydrogen-bond donors (Lipinski definition) is 2. The lowest BCUT2D eigenvalue weighted by Gasteiger charge is -2.12. The first-order chi connectivity index (χ1) is 11.6. The second-order valence-electron chi connectivity index (χ2n) is 5.97. The Morgan fingerprint density at radius 2 is 1.60 bits per heavy atom. The van der Waals surface area contributed by atoms with E-state index in [-0.39, 0.29) is 5.91 Å². The van der Waals surface area contributed by atoms with Crippen LogP contribution in [0.15, 0.2) is 42.5 Å². The van der Waals surface area contributed by atoms with Crippen LogP contribution < -0.4 is 10.6 Å². The molecule has 0 aliphatic heterocycles. The summed E-state index contributed by atoms with van der Waals surface area (Å²) in [7, 11) is -3.40. The van der Waals surface area contributed by atoms with Crippen molar-refractivity contribution in [1.29, 1.82) is 0 Å². The van der Waals surface area contributed by atoms with Crippen LogP contribution in [0.5, 0.6) is 0 Å². The molecule has 0 bridgehead atoms. The first-order valence-electron chi connectivity index (χ1n) is 7.60. The largest absolute Gasteiger partial charge is 0.325 e. The van der Waals surface area contributed by atoms with Crippen molar-refractivity contribution in [1.82, 2.24) is 0 Å². The normalized spacial score (nSPS) is 11.0. The summed E-state index contributed by atoms with van der Waals surface area (Å²) < 4.78 is 22.3. The number of anilines is 2. The minimum Gasteiger partial charge on any atom is -0.325 e. The van der Waals surface area contributed by atoms with Gasteiger partial charge >= 0.3 is 0 Å². The van der Waals surface area contributed by atoms with Crippen LogP contribution >= 0.6 is 0 Å². The number of rotatable bonds is 5. The van der Waals surface area contributed by atoms with Gasteiger partial charge in [-0.1, -0.05) is 23.8 Å². The van der Waals surface area contributed by atoms with Crippen LogP contribution in [0.3, 0.4) is 0 Å². The van der Waals surface area contributed by atoms with Gasteiger partial charge in [0, 0.05) is 23.2 Å². The van der Waals surface area contributed by atoms with E-state index < -0.39 is 21.5 Å². The number of nitrogens with one attached hydrogen (secondary N) is 2. The van der Waals surface area contributed by atoms with E-state index in [4.69, 9.17) is 0 Å². The third-order valence-electron chi connectivity index (χ3n) is 3.48. The second-order valence-corrected chi connectivity index (χ2v) is 8.11. The number of benzene rings is 2. The molecule has 0 saturated carbocycles. The Balaban J connectivity index is 2.14. The molecule has 2 amide bonds. The molecular weight excluding hydrogens is 340 g/mol. The zero-order valence-corrected chi connectivity index (χ0v) is 15.1. The molecule has 25 heavy (non-hydrogen) atoms. The van der Waals surface area contributed by atoms with Gasteiger partial charge in [0.15, 0.2) is 9.84 Å². The van der Waals surface area contributed by atoms with E-state index in [0.29, 0.717) is 16.9 Å². The molecule has 0 aliphatic carbocycles. The molecule has 0 atom stereocenters. The summed E-state index contributed by atoms with van der Waals surface area (Å²) in [4.78, 5) is 24.0. The first-order valence-corrected chi connectivity index (χ1v) is 9.66. The topological polar surface area (TPSA) is 92.3 Å². The quantitative estimate of drug-likeness (QED) is 0.857. The zero-order valence-electron chi connectivity index (χ0n) is 14.3. The van der Waals surface area contributed by atoms with Gasteiger partial charge in [-0.2, -0.15) is 0 Å². The number of hydrogen-bond acceptors (Lipinski definition) is 4. The monoisotopic (exact) mass is 360 g/mol. The van der Waals surface area contributed by atoms with E-state index in [1.165, 1.54) is 0 Å². The minimum atomic E-state index is -3.40. The van der Waals surface area contributed by atoms with Crippen molar-refractivity contribution >= 4 is 33.0 Å². The Hall–Kier alpha value is -2.67. The fourth-order valence-corrected chi connectivity index (χ4v) is 2.72. The number of amides is 2. The number of carbonyl (C=O) groups is 2. The first kappa shape index (κ1) is 18.7. The fourth-order valence-electron chi connectivity index (χ4n) is 2.17. The highest BCUT2D eigenvalue weighted by Gasteiger charge is 2.13. The molecule has 2 aromatic carbocycles. The maximum absolute atomic E-state index is 12.3. The van der Waals surface area contributed by atoms with E-state index in [1.807, 2.05) is 26.0 Å². The van der Waals surface area contributed by atoms with Crippen molar-refractivity contribution in [3.8, 4) is 0 Å². The average Bonchev–Trinajstić information content (AvgIpc) is 2.49. The molecule has 2 N–H and O–H groups in total. The van der Waals surface area contributed by atoms with Gasteiger partial charge in [0.25, 0.3) is 5.91 Å². The Morgan fingerprint density at radius 1 is 0.960 bits per heavy atom. The summed E-state index contributed by atoms with van der Waals surface area (Å²) in [5, 5.41) is 5.32. The molecule has 0 fully saturated rings. The molecule has 0 aliphatic rings. The van der Waals surface area contributed by atoms with Crippen molar-refractivity contribution < 1.29 is 18.0 Å². The van der Waals surface area contributed by atoms with Gasteiger partial charge in [-0.25, -0.2) is 8.42 Å². The number of aryl methyl sites for hydroxylation is 2. The highest BCUT2D eigenvalue weighted by Crippen LogP contribution is 2.21. The van der Waals surface area contributed by atoms with E-state index in [1.54, 1.807) is 30.3 Å². The van der Waals surface area contributed by atoms with E-state index in [0.717, 1.165) is 17.4 Å². The van der Waals surface area contributed by atoms with Gasteiger partial charge in [0.2, 0.25) is 5.91 Å². The Morgan fingerprint density at radius 3 is 2.20 bits per heavy atom. The summed E-state index contributed by atoms with van der Waals surface area (Å²) in [5.41, 5.74) is 3.36. The van der Waals surface area contributed by atoms with E-state index in [2.05, 4.69) is 10.6 Å². The SMILES string of the molecule is Cc1ccc(C(=O)Nc2cc(NC(=O)CS(C)(=O)=O)ccc2C)cc1. The predicted molar refractivity (Wildman–Crippen MR) is 98.7 cm³/mol. The minimum absolute atomic E-state index is 0.261. The van der Waals surface area contributed by atoms with Gasteiger partial charge in [-0.15, -0.1) is 0 Å². The number of carbonyl (C=O) groups excluding carboxylic acids is 2. The summed E-state index contributed by atoms with van der Waals surface area (Å²) in [5.74, 6) is -1.48. The van der Waals surface area contributed by atoms with Gasteiger partial charge in [0.1, 0.15) is 5.75 Å². The van der Waals surface area contributed by atoms with Gasteiger partial charge in [-0.3, -0.25) is 9.59 Å². The molecule has 0 radical (unpaired) electrons. The fraction of sp³-hybridized carbons (Fsp3) is 0.222. The lowest BCUT2D eigenvalue weighted by Crippen LogP contribution is -2.22. The lowest BCUT2D eigenvalue weighted by molar-refractivity contribution is -0.113. The predicted octanol–water partition coefficient (Wildman–Crippen LogP) is 2.54.